The van der Waals surface area contributed by atoms with E-state index >= 15 is 0 Å². The highest BCUT2D eigenvalue weighted by molar-refractivity contribution is 5.91. The lowest BCUT2D eigenvalue weighted by Gasteiger charge is -2.28. The van der Waals surface area contributed by atoms with E-state index in [2.05, 4.69) is 55.6 Å². The Hall–Kier alpha value is -1.54. The molecule has 2 nitrogen and oxygen atoms in total. The molecule has 2 aromatic carbocycles. The van der Waals surface area contributed by atoms with Crippen LogP contribution in [0.5, 0.6) is 5.75 Å². The Balaban J connectivity index is 1.85. The van der Waals surface area contributed by atoms with Crippen molar-refractivity contribution in [2.45, 2.75) is 45.7 Å². The average Bonchev–Trinajstić information content (AvgIpc) is 2.83. The zero-order chi connectivity index (χ0) is 14.9. The van der Waals surface area contributed by atoms with Crippen molar-refractivity contribution in [3.8, 4) is 5.75 Å². The highest BCUT2D eigenvalue weighted by atomic mass is 16.5. The van der Waals surface area contributed by atoms with Crippen LogP contribution in [0.25, 0.3) is 10.8 Å². The van der Waals surface area contributed by atoms with Crippen LogP contribution in [0.4, 0.5) is 0 Å². The van der Waals surface area contributed by atoms with E-state index in [1.54, 1.807) is 7.11 Å². The molecule has 1 aliphatic carbocycles. The molecule has 1 saturated carbocycles. The van der Waals surface area contributed by atoms with Gasteiger partial charge in [-0.25, -0.2) is 0 Å². The van der Waals surface area contributed by atoms with E-state index < -0.39 is 0 Å². The van der Waals surface area contributed by atoms with E-state index in [1.807, 2.05) is 0 Å². The lowest BCUT2D eigenvalue weighted by atomic mass is 9.87. The van der Waals surface area contributed by atoms with Crippen molar-refractivity contribution in [1.29, 1.82) is 0 Å². The molecule has 0 radical (unpaired) electrons. The van der Waals surface area contributed by atoms with E-state index in [1.165, 1.54) is 35.6 Å². The summed E-state index contributed by atoms with van der Waals surface area (Å²) in [5.41, 5.74) is 1.77. The molecule has 21 heavy (non-hydrogen) atoms. The van der Waals surface area contributed by atoms with Gasteiger partial charge in [-0.1, -0.05) is 50.6 Å². The summed E-state index contributed by atoms with van der Waals surface area (Å²) in [6.45, 7) is 5.69. The molecule has 3 rings (SSSR count). The van der Waals surface area contributed by atoms with Crippen LogP contribution in [0.3, 0.4) is 0 Å². The predicted octanol–water partition coefficient (Wildman–Crippen LogP) is 4.52. The van der Waals surface area contributed by atoms with Crippen molar-refractivity contribution in [1.82, 2.24) is 5.32 Å². The van der Waals surface area contributed by atoms with Gasteiger partial charge in [0.25, 0.3) is 0 Å². The molecule has 0 amide bonds. The van der Waals surface area contributed by atoms with E-state index in [0.717, 1.165) is 12.3 Å². The molecule has 2 heteroatoms. The fraction of sp³-hybridized carbons (Fsp3) is 0.474. The van der Waals surface area contributed by atoms with Gasteiger partial charge in [-0.2, -0.15) is 0 Å². The molecule has 2 aromatic rings. The summed E-state index contributed by atoms with van der Waals surface area (Å²) in [5, 5.41) is 6.27. The third-order valence-electron chi connectivity index (χ3n) is 4.99. The average molecular weight is 283 g/mol. The lowest BCUT2D eigenvalue weighted by Crippen LogP contribution is -2.37. The maximum absolute atomic E-state index is 5.47. The molecule has 0 aromatic heterocycles. The van der Waals surface area contributed by atoms with Gasteiger partial charge in [0.1, 0.15) is 5.75 Å². The highest BCUT2D eigenvalue weighted by Gasteiger charge is 2.33. The third kappa shape index (κ3) is 2.77. The standard InChI is InChI=1S/C19H25NO/c1-19(2)12-6-9-18(19)20-13-14-10-11-17(21-3)16-8-5-4-7-15(14)16/h4-5,7-8,10-11,18,20H,6,9,12-13H2,1-3H3. The summed E-state index contributed by atoms with van der Waals surface area (Å²) in [6.07, 6.45) is 3.96. The van der Waals surface area contributed by atoms with Crippen LogP contribution in [-0.2, 0) is 6.54 Å². The second-order valence-electron chi connectivity index (χ2n) is 6.79. The van der Waals surface area contributed by atoms with Gasteiger partial charge in [0, 0.05) is 18.0 Å². The molecule has 1 atom stereocenters. The smallest absolute Gasteiger partial charge is 0.126 e. The molecular formula is C19H25NO. The Morgan fingerprint density at radius 1 is 1.14 bits per heavy atom. The predicted molar refractivity (Wildman–Crippen MR) is 88.8 cm³/mol. The number of fused-ring (bicyclic) bond motifs is 1. The van der Waals surface area contributed by atoms with Gasteiger partial charge in [-0.15, -0.1) is 0 Å². The first kappa shape index (κ1) is 14.4. The monoisotopic (exact) mass is 283 g/mol. The van der Waals surface area contributed by atoms with Gasteiger partial charge in [-0.3, -0.25) is 0 Å². The Kier molecular flexibility index (Phi) is 3.90. The van der Waals surface area contributed by atoms with Crippen LogP contribution in [0.2, 0.25) is 0 Å². The van der Waals surface area contributed by atoms with Gasteiger partial charge < -0.3 is 10.1 Å². The number of hydrogen-bond acceptors (Lipinski definition) is 2. The van der Waals surface area contributed by atoms with Gasteiger partial charge in [0.05, 0.1) is 7.11 Å². The number of nitrogens with one attached hydrogen (secondary N) is 1. The molecule has 112 valence electrons. The van der Waals surface area contributed by atoms with Crippen LogP contribution >= 0.6 is 0 Å². The van der Waals surface area contributed by atoms with Crippen LogP contribution < -0.4 is 10.1 Å². The van der Waals surface area contributed by atoms with E-state index in [0.29, 0.717) is 11.5 Å². The molecule has 0 spiro atoms. The molecule has 0 saturated heterocycles. The van der Waals surface area contributed by atoms with Crippen molar-refractivity contribution < 1.29 is 4.74 Å². The lowest BCUT2D eigenvalue weighted by molar-refractivity contribution is 0.283. The third-order valence-corrected chi connectivity index (χ3v) is 4.99. The number of benzene rings is 2. The van der Waals surface area contributed by atoms with Crippen molar-refractivity contribution in [2.75, 3.05) is 7.11 Å². The van der Waals surface area contributed by atoms with E-state index in [-0.39, 0.29) is 0 Å². The molecular weight excluding hydrogens is 258 g/mol. The first-order chi connectivity index (χ1) is 10.1. The first-order valence-corrected chi connectivity index (χ1v) is 7.90. The molecule has 0 heterocycles. The van der Waals surface area contributed by atoms with Gasteiger partial charge >= 0.3 is 0 Å². The fourth-order valence-corrected chi connectivity index (χ4v) is 3.60. The highest BCUT2D eigenvalue weighted by Crippen LogP contribution is 2.37. The zero-order valence-corrected chi connectivity index (χ0v) is 13.3. The maximum Gasteiger partial charge on any atom is 0.126 e. The Labute approximate surface area is 127 Å². The normalized spacial score (nSPS) is 20.8. The van der Waals surface area contributed by atoms with Crippen LogP contribution in [0.15, 0.2) is 36.4 Å². The van der Waals surface area contributed by atoms with Crippen molar-refractivity contribution in [2.24, 2.45) is 5.41 Å². The summed E-state index contributed by atoms with van der Waals surface area (Å²) < 4.78 is 5.47. The zero-order valence-electron chi connectivity index (χ0n) is 13.3. The number of rotatable bonds is 4. The minimum Gasteiger partial charge on any atom is -0.496 e. The first-order valence-electron chi connectivity index (χ1n) is 7.90. The van der Waals surface area contributed by atoms with Gasteiger partial charge in [0.15, 0.2) is 0 Å². The van der Waals surface area contributed by atoms with Crippen LogP contribution in [-0.4, -0.2) is 13.2 Å². The Bertz CT molecular complexity index is 632. The minimum absolute atomic E-state index is 0.419. The van der Waals surface area contributed by atoms with Crippen LogP contribution in [0.1, 0.15) is 38.7 Å². The summed E-state index contributed by atoms with van der Waals surface area (Å²) in [5.74, 6) is 0.954. The summed E-state index contributed by atoms with van der Waals surface area (Å²) in [6, 6.07) is 13.4. The second-order valence-corrected chi connectivity index (χ2v) is 6.79. The molecule has 0 aliphatic heterocycles. The molecule has 1 unspecified atom stereocenters. The largest absolute Gasteiger partial charge is 0.496 e. The number of methoxy groups -OCH3 is 1. The van der Waals surface area contributed by atoms with Crippen molar-refractivity contribution in [3.05, 3.63) is 42.0 Å². The summed E-state index contributed by atoms with van der Waals surface area (Å²) in [7, 11) is 1.74. The van der Waals surface area contributed by atoms with Gasteiger partial charge in [-0.05, 0) is 35.3 Å². The topological polar surface area (TPSA) is 21.3 Å². The van der Waals surface area contributed by atoms with E-state index in [9.17, 15) is 0 Å². The Morgan fingerprint density at radius 2 is 1.90 bits per heavy atom. The van der Waals surface area contributed by atoms with Crippen LogP contribution in [0, 0.1) is 5.41 Å². The molecule has 1 fully saturated rings. The summed E-state index contributed by atoms with van der Waals surface area (Å²) >= 11 is 0. The van der Waals surface area contributed by atoms with E-state index in [4.69, 9.17) is 4.74 Å². The molecule has 1 N–H and O–H groups in total. The Morgan fingerprint density at radius 3 is 2.57 bits per heavy atom. The number of ether oxygens (including phenoxy) is 1. The molecule has 0 bridgehead atoms. The van der Waals surface area contributed by atoms with Crippen molar-refractivity contribution >= 4 is 10.8 Å². The van der Waals surface area contributed by atoms with Crippen molar-refractivity contribution in [3.63, 3.8) is 0 Å². The summed E-state index contributed by atoms with van der Waals surface area (Å²) in [4.78, 5) is 0. The molecule has 1 aliphatic rings. The van der Waals surface area contributed by atoms with Gasteiger partial charge in [0.2, 0.25) is 0 Å². The fourth-order valence-electron chi connectivity index (χ4n) is 3.60. The number of hydrogen-bond donors (Lipinski definition) is 1. The quantitative estimate of drug-likeness (QED) is 0.891. The second kappa shape index (κ2) is 5.69. The SMILES string of the molecule is COc1ccc(CNC2CCCC2(C)C)c2ccccc12. The minimum atomic E-state index is 0.419. The maximum atomic E-state index is 5.47.